The van der Waals surface area contributed by atoms with Gasteiger partial charge in [0.05, 0.1) is 12.1 Å². The van der Waals surface area contributed by atoms with E-state index in [0.29, 0.717) is 0 Å². The maximum Gasteiger partial charge on any atom is 0.269 e. The fourth-order valence-corrected chi connectivity index (χ4v) is 3.46. The van der Waals surface area contributed by atoms with Gasteiger partial charge in [0.2, 0.25) is 0 Å². The molecule has 6 heteroatoms. The summed E-state index contributed by atoms with van der Waals surface area (Å²) in [6.45, 7) is 5.74. The third-order valence-corrected chi connectivity index (χ3v) is 5.19. The number of amides is 1. The highest BCUT2D eigenvalue weighted by molar-refractivity contribution is 7.90. The second kappa shape index (κ2) is 4.31. The van der Waals surface area contributed by atoms with E-state index in [4.69, 9.17) is 5.73 Å². The number of carbonyl (C=O) groups excluding carboxylic acids is 1. The first-order valence-corrected chi connectivity index (χ1v) is 7.51. The van der Waals surface area contributed by atoms with Gasteiger partial charge in [-0.25, -0.2) is 12.7 Å². The van der Waals surface area contributed by atoms with Crippen LogP contribution in [0, 0.1) is 5.41 Å². The summed E-state index contributed by atoms with van der Waals surface area (Å²) in [6.07, 6.45) is 0. The Hall–Kier alpha value is -1.40. The van der Waals surface area contributed by atoms with Crippen LogP contribution in [0.2, 0.25) is 0 Å². The highest BCUT2D eigenvalue weighted by Crippen LogP contribution is 2.31. The number of carbonyl (C=O) groups is 1. The molecule has 1 aliphatic heterocycles. The van der Waals surface area contributed by atoms with Crippen LogP contribution in [0.4, 0.5) is 0 Å². The van der Waals surface area contributed by atoms with Gasteiger partial charge in [-0.1, -0.05) is 32.9 Å². The predicted molar refractivity (Wildman–Crippen MR) is 72.1 cm³/mol. The molecular formula is C13H18N2O3S. The molecule has 0 aliphatic carbocycles. The molecule has 0 radical (unpaired) electrons. The van der Waals surface area contributed by atoms with E-state index in [1.54, 1.807) is 12.1 Å². The third kappa shape index (κ3) is 2.26. The number of hydrogen-bond donors (Lipinski definition) is 1. The molecule has 0 aromatic heterocycles. The quantitative estimate of drug-likeness (QED) is 0.884. The standard InChI is InChI=1S/C13H18N2O3S/c1-13(2,3)11(14)8-15-12(16)9-6-4-5-7-10(9)19(15,17)18/h4-7,11H,8,14H2,1-3H3/t11-/m1/s1. The molecule has 1 amide bonds. The molecule has 0 spiro atoms. The molecular weight excluding hydrogens is 264 g/mol. The van der Waals surface area contributed by atoms with Gasteiger partial charge < -0.3 is 5.73 Å². The average Bonchev–Trinajstić information content (AvgIpc) is 2.50. The summed E-state index contributed by atoms with van der Waals surface area (Å²) in [4.78, 5) is 12.2. The van der Waals surface area contributed by atoms with Crippen molar-refractivity contribution in [2.24, 2.45) is 11.1 Å². The van der Waals surface area contributed by atoms with E-state index >= 15 is 0 Å². The number of nitrogens with zero attached hydrogens (tertiary/aromatic N) is 1. The van der Waals surface area contributed by atoms with Crippen LogP contribution in [0.1, 0.15) is 31.1 Å². The van der Waals surface area contributed by atoms with Crippen molar-refractivity contribution in [3.8, 4) is 0 Å². The number of hydrogen-bond acceptors (Lipinski definition) is 4. The molecule has 104 valence electrons. The molecule has 0 unspecified atom stereocenters. The Morgan fingerprint density at radius 1 is 1.26 bits per heavy atom. The molecule has 1 atom stereocenters. The van der Waals surface area contributed by atoms with Gasteiger partial charge in [-0.15, -0.1) is 0 Å². The molecule has 0 fully saturated rings. The highest BCUT2D eigenvalue weighted by Gasteiger charge is 2.42. The SMILES string of the molecule is CC(C)(C)[C@H](N)CN1C(=O)c2ccccc2S1(=O)=O. The minimum absolute atomic E-state index is 0.000648. The Morgan fingerprint density at radius 3 is 2.37 bits per heavy atom. The maximum atomic E-state index is 12.3. The predicted octanol–water partition coefficient (Wildman–Crippen LogP) is 1.20. The number of fused-ring (bicyclic) bond motifs is 1. The smallest absolute Gasteiger partial charge is 0.269 e. The van der Waals surface area contributed by atoms with E-state index in [1.165, 1.54) is 12.1 Å². The van der Waals surface area contributed by atoms with Gasteiger partial charge in [-0.05, 0) is 17.5 Å². The van der Waals surface area contributed by atoms with Crippen LogP contribution in [0.3, 0.4) is 0 Å². The van der Waals surface area contributed by atoms with Crippen LogP contribution in [0.25, 0.3) is 0 Å². The van der Waals surface area contributed by atoms with Gasteiger partial charge in [-0.3, -0.25) is 4.79 Å². The monoisotopic (exact) mass is 282 g/mol. The molecule has 1 aromatic rings. The van der Waals surface area contributed by atoms with Crippen molar-refractivity contribution in [2.45, 2.75) is 31.7 Å². The van der Waals surface area contributed by atoms with Crippen LogP contribution in [-0.2, 0) is 10.0 Å². The molecule has 0 bridgehead atoms. The lowest BCUT2D eigenvalue weighted by Crippen LogP contribution is -2.47. The second-order valence-electron chi connectivity index (χ2n) is 5.81. The van der Waals surface area contributed by atoms with Gasteiger partial charge in [0, 0.05) is 6.04 Å². The third-order valence-electron chi connectivity index (χ3n) is 3.39. The lowest BCUT2D eigenvalue weighted by molar-refractivity contribution is 0.0852. The summed E-state index contributed by atoms with van der Waals surface area (Å²) >= 11 is 0. The summed E-state index contributed by atoms with van der Waals surface area (Å²) in [5.41, 5.74) is 5.94. The van der Waals surface area contributed by atoms with Crippen molar-refractivity contribution in [2.75, 3.05) is 6.54 Å². The fraction of sp³-hybridized carbons (Fsp3) is 0.462. The zero-order valence-electron chi connectivity index (χ0n) is 11.3. The number of nitrogens with two attached hydrogens (primary N) is 1. The Bertz CT molecular complexity index is 617. The van der Waals surface area contributed by atoms with E-state index in [0.717, 1.165) is 4.31 Å². The summed E-state index contributed by atoms with van der Waals surface area (Å²) in [7, 11) is -3.75. The maximum absolute atomic E-state index is 12.3. The van der Waals surface area contributed by atoms with Crippen LogP contribution < -0.4 is 5.73 Å². The van der Waals surface area contributed by atoms with Gasteiger partial charge >= 0.3 is 0 Å². The lowest BCUT2D eigenvalue weighted by Gasteiger charge is -2.30. The molecule has 2 N–H and O–H groups in total. The van der Waals surface area contributed by atoms with Crippen LogP contribution >= 0.6 is 0 Å². The number of sulfonamides is 1. The first-order chi connectivity index (χ1) is 8.65. The second-order valence-corrected chi connectivity index (χ2v) is 7.64. The van der Waals surface area contributed by atoms with Crippen LogP contribution in [-0.4, -0.2) is 31.2 Å². The van der Waals surface area contributed by atoms with Crippen molar-refractivity contribution in [1.82, 2.24) is 4.31 Å². The summed E-state index contributed by atoms with van der Waals surface area (Å²) in [5, 5.41) is 0. The van der Waals surface area contributed by atoms with Crippen molar-refractivity contribution in [3.05, 3.63) is 29.8 Å². The molecule has 0 saturated heterocycles. The van der Waals surface area contributed by atoms with E-state index in [-0.39, 0.29) is 22.4 Å². The molecule has 1 aliphatic rings. The first kappa shape index (κ1) is 14.0. The van der Waals surface area contributed by atoms with Crippen molar-refractivity contribution in [1.29, 1.82) is 0 Å². The Morgan fingerprint density at radius 2 is 1.84 bits per heavy atom. The zero-order valence-corrected chi connectivity index (χ0v) is 12.1. The fourth-order valence-electron chi connectivity index (χ4n) is 1.86. The Balaban J connectivity index is 2.39. The van der Waals surface area contributed by atoms with E-state index in [2.05, 4.69) is 0 Å². The number of benzene rings is 1. The summed E-state index contributed by atoms with van der Waals surface area (Å²) in [5.74, 6) is -0.490. The highest BCUT2D eigenvalue weighted by atomic mass is 32.2. The van der Waals surface area contributed by atoms with Crippen molar-refractivity contribution >= 4 is 15.9 Å². The van der Waals surface area contributed by atoms with E-state index < -0.39 is 22.0 Å². The molecule has 19 heavy (non-hydrogen) atoms. The molecule has 1 aromatic carbocycles. The van der Waals surface area contributed by atoms with E-state index in [1.807, 2.05) is 20.8 Å². The van der Waals surface area contributed by atoms with Gasteiger partial charge in [0.15, 0.2) is 0 Å². The Kier molecular flexibility index (Phi) is 3.18. The normalized spacial score (nSPS) is 19.4. The van der Waals surface area contributed by atoms with Gasteiger partial charge in [0.25, 0.3) is 15.9 Å². The molecule has 0 saturated carbocycles. The van der Waals surface area contributed by atoms with Gasteiger partial charge in [0.1, 0.15) is 4.90 Å². The van der Waals surface area contributed by atoms with E-state index in [9.17, 15) is 13.2 Å². The largest absolute Gasteiger partial charge is 0.326 e. The van der Waals surface area contributed by atoms with Crippen LogP contribution in [0.5, 0.6) is 0 Å². The summed E-state index contributed by atoms with van der Waals surface area (Å²) in [6, 6.07) is 5.82. The molecule has 5 nitrogen and oxygen atoms in total. The number of rotatable bonds is 2. The van der Waals surface area contributed by atoms with Crippen LogP contribution in [0.15, 0.2) is 29.2 Å². The first-order valence-electron chi connectivity index (χ1n) is 6.07. The van der Waals surface area contributed by atoms with Gasteiger partial charge in [-0.2, -0.15) is 0 Å². The summed E-state index contributed by atoms with van der Waals surface area (Å²) < 4.78 is 25.5. The molecule has 1 heterocycles. The van der Waals surface area contributed by atoms with Crippen molar-refractivity contribution < 1.29 is 13.2 Å². The topological polar surface area (TPSA) is 80.5 Å². The zero-order chi connectivity index (χ0) is 14.4. The lowest BCUT2D eigenvalue weighted by atomic mass is 9.87. The average molecular weight is 282 g/mol. The minimum atomic E-state index is -3.75. The van der Waals surface area contributed by atoms with Crippen molar-refractivity contribution in [3.63, 3.8) is 0 Å². The minimum Gasteiger partial charge on any atom is -0.326 e. The molecule has 2 rings (SSSR count). The Labute approximate surface area is 113 Å².